The SMILES string of the molecule is CCNC(=O)N1CCCCC1CCn1cc(C(=O)N2CCCC2)nn1. The van der Waals surface area contributed by atoms with Gasteiger partial charge in [0.25, 0.3) is 5.91 Å². The molecule has 3 rings (SSSR count). The smallest absolute Gasteiger partial charge is 0.317 e. The predicted molar refractivity (Wildman–Crippen MR) is 93.2 cm³/mol. The first-order valence-corrected chi connectivity index (χ1v) is 9.43. The molecular weight excluding hydrogens is 320 g/mol. The lowest BCUT2D eigenvalue weighted by molar-refractivity contribution is 0.0787. The molecule has 0 aliphatic carbocycles. The highest BCUT2D eigenvalue weighted by Gasteiger charge is 2.26. The fraction of sp³-hybridized carbons (Fsp3) is 0.765. The molecule has 0 spiro atoms. The first kappa shape index (κ1) is 17.7. The Bertz CT molecular complexity index is 596. The standard InChI is InChI=1S/C17H28N6O2/c1-2-18-17(25)23-11-4-3-7-14(23)8-12-22-13-15(19-20-22)16(24)21-9-5-6-10-21/h13-14H,2-12H2,1H3,(H,18,25). The second-order valence-corrected chi connectivity index (χ2v) is 6.83. The van der Waals surface area contributed by atoms with Gasteiger partial charge in [0.2, 0.25) is 0 Å². The van der Waals surface area contributed by atoms with Crippen molar-refractivity contribution >= 4 is 11.9 Å². The Labute approximate surface area is 148 Å². The largest absolute Gasteiger partial charge is 0.338 e. The Hall–Kier alpha value is -2.12. The minimum atomic E-state index is -0.0228. The molecule has 1 aromatic heterocycles. The van der Waals surface area contributed by atoms with Gasteiger partial charge in [0.05, 0.1) is 6.20 Å². The normalized spacial score (nSPS) is 20.8. The molecule has 25 heavy (non-hydrogen) atoms. The second-order valence-electron chi connectivity index (χ2n) is 6.83. The molecule has 1 unspecified atom stereocenters. The van der Waals surface area contributed by atoms with E-state index in [9.17, 15) is 9.59 Å². The summed E-state index contributed by atoms with van der Waals surface area (Å²) in [5, 5.41) is 11.0. The van der Waals surface area contributed by atoms with E-state index in [1.54, 1.807) is 10.9 Å². The van der Waals surface area contributed by atoms with Crippen LogP contribution >= 0.6 is 0 Å². The van der Waals surface area contributed by atoms with E-state index in [1.165, 1.54) is 0 Å². The number of aryl methyl sites for hydroxylation is 1. The summed E-state index contributed by atoms with van der Waals surface area (Å²) >= 11 is 0. The molecule has 8 nitrogen and oxygen atoms in total. The molecule has 2 aliphatic heterocycles. The summed E-state index contributed by atoms with van der Waals surface area (Å²) in [7, 11) is 0. The summed E-state index contributed by atoms with van der Waals surface area (Å²) in [6.07, 6.45) is 7.93. The van der Waals surface area contributed by atoms with Gasteiger partial charge in [0.15, 0.2) is 5.69 Å². The van der Waals surface area contributed by atoms with Crippen molar-refractivity contribution in [1.82, 2.24) is 30.1 Å². The number of aromatic nitrogens is 3. The van der Waals surface area contributed by atoms with Gasteiger partial charge in [-0.3, -0.25) is 9.48 Å². The molecule has 3 heterocycles. The third-order valence-corrected chi connectivity index (χ3v) is 5.06. The fourth-order valence-corrected chi connectivity index (χ4v) is 3.69. The molecule has 138 valence electrons. The van der Waals surface area contributed by atoms with E-state index in [0.717, 1.165) is 58.2 Å². The summed E-state index contributed by atoms with van der Waals surface area (Å²) in [4.78, 5) is 28.3. The fourth-order valence-electron chi connectivity index (χ4n) is 3.69. The maximum Gasteiger partial charge on any atom is 0.317 e. The van der Waals surface area contributed by atoms with Crippen LogP contribution in [0.25, 0.3) is 0 Å². The Kier molecular flexibility index (Phi) is 5.88. The Morgan fingerprint density at radius 2 is 1.96 bits per heavy atom. The van der Waals surface area contributed by atoms with Gasteiger partial charge in [-0.2, -0.15) is 0 Å². The molecule has 2 saturated heterocycles. The van der Waals surface area contributed by atoms with Crippen LogP contribution in [0.1, 0.15) is 55.9 Å². The number of hydrogen-bond donors (Lipinski definition) is 1. The topological polar surface area (TPSA) is 83.4 Å². The van der Waals surface area contributed by atoms with E-state index in [-0.39, 0.29) is 18.0 Å². The van der Waals surface area contributed by atoms with Crippen LogP contribution in [0.3, 0.4) is 0 Å². The first-order valence-electron chi connectivity index (χ1n) is 9.43. The average Bonchev–Trinajstić information content (AvgIpc) is 3.32. The first-order chi connectivity index (χ1) is 12.2. The third kappa shape index (κ3) is 4.29. The highest BCUT2D eigenvalue weighted by molar-refractivity contribution is 5.92. The molecule has 8 heteroatoms. The lowest BCUT2D eigenvalue weighted by Crippen LogP contribution is -2.48. The summed E-state index contributed by atoms with van der Waals surface area (Å²) < 4.78 is 1.73. The molecule has 3 amide bonds. The number of hydrogen-bond acceptors (Lipinski definition) is 4. The average molecular weight is 348 g/mol. The minimum absolute atomic E-state index is 0.0228. The van der Waals surface area contributed by atoms with Gasteiger partial charge in [0, 0.05) is 38.8 Å². The van der Waals surface area contributed by atoms with Gasteiger partial charge in [-0.25, -0.2) is 4.79 Å². The van der Waals surface area contributed by atoms with Gasteiger partial charge >= 0.3 is 6.03 Å². The van der Waals surface area contributed by atoms with Crippen LogP contribution in [0.15, 0.2) is 6.20 Å². The maximum atomic E-state index is 12.3. The zero-order chi connectivity index (χ0) is 17.6. The minimum Gasteiger partial charge on any atom is -0.338 e. The van der Waals surface area contributed by atoms with Crippen molar-refractivity contribution in [1.29, 1.82) is 0 Å². The molecule has 1 aromatic rings. The quantitative estimate of drug-likeness (QED) is 0.874. The monoisotopic (exact) mass is 348 g/mol. The van der Waals surface area contributed by atoms with Crippen LogP contribution < -0.4 is 5.32 Å². The summed E-state index contributed by atoms with van der Waals surface area (Å²) in [6.45, 7) is 5.69. The van der Waals surface area contributed by atoms with Gasteiger partial charge < -0.3 is 15.1 Å². The number of carbonyl (C=O) groups excluding carboxylic acids is 2. The number of rotatable bonds is 5. The van der Waals surface area contributed by atoms with E-state index in [1.807, 2.05) is 16.7 Å². The molecule has 2 aliphatic rings. The van der Waals surface area contributed by atoms with Crippen LogP contribution in [0, 0.1) is 0 Å². The lowest BCUT2D eigenvalue weighted by atomic mass is 10.00. The van der Waals surface area contributed by atoms with E-state index in [2.05, 4.69) is 15.6 Å². The van der Waals surface area contributed by atoms with Crippen molar-refractivity contribution in [2.24, 2.45) is 0 Å². The lowest BCUT2D eigenvalue weighted by Gasteiger charge is -2.35. The van der Waals surface area contributed by atoms with Crippen molar-refractivity contribution in [3.63, 3.8) is 0 Å². The van der Waals surface area contributed by atoms with Crippen molar-refractivity contribution in [3.05, 3.63) is 11.9 Å². The Morgan fingerprint density at radius 3 is 2.72 bits per heavy atom. The summed E-state index contributed by atoms with van der Waals surface area (Å²) in [5.74, 6) is -0.0228. The molecular formula is C17H28N6O2. The number of urea groups is 1. The van der Waals surface area contributed by atoms with Gasteiger partial charge in [-0.05, 0) is 45.4 Å². The van der Waals surface area contributed by atoms with Crippen LogP contribution in [0.4, 0.5) is 4.79 Å². The summed E-state index contributed by atoms with van der Waals surface area (Å²) in [5.41, 5.74) is 0.422. The van der Waals surface area contributed by atoms with Gasteiger partial charge in [-0.1, -0.05) is 5.21 Å². The number of nitrogens with one attached hydrogen (secondary N) is 1. The van der Waals surface area contributed by atoms with Crippen molar-refractivity contribution in [2.75, 3.05) is 26.2 Å². The number of piperidine rings is 1. The Morgan fingerprint density at radius 1 is 1.20 bits per heavy atom. The highest BCUT2D eigenvalue weighted by atomic mass is 16.2. The van der Waals surface area contributed by atoms with Crippen molar-refractivity contribution < 1.29 is 9.59 Å². The van der Waals surface area contributed by atoms with Crippen LogP contribution in [-0.4, -0.2) is 69.0 Å². The van der Waals surface area contributed by atoms with Crippen LogP contribution in [0.5, 0.6) is 0 Å². The predicted octanol–water partition coefficient (Wildman–Crippen LogP) is 1.49. The molecule has 0 aromatic carbocycles. The van der Waals surface area contributed by atoms with E-state index >= 15 is 0 Å². The molecule has 0 saturated carbocycles. The van der Waals surface area contributed by atoms with Crippen molar-refractivity contribution in [2.45, 2.75) is 58.0 Å². The van der Waals surface area contributed by atoms with Crippen LogP contribution in [0.2, 0.25) is 0 Å². The number of likely N-dealkylation sites (tertiary alicyclic amines) is 2. The highest BCUT2D eigenvalue weighted by Crippen LogP contribution is 2.20. The molecule has 1 atom stereocenters. The van der Waals surface area contributed by atoms with E-state index in [4.69, 9.17) is 0 Å². The zero-order valence-corrected chi connectivity index (χ0v) is 15.0. The number of carbonyl (C=O) groups is 2. The second kappa shape index (κ2) is 8.31. The van der Waals surface area contributed by atoms with Crippen LogP contribution in [-0.2, 0) is 6.54 Å². The number of nitrogens with zero attached hydrogens (tertiary/aromatic N) is 5. The molecule has 1 N–H and O–H groups in total. The van der Waals surface area contributed by atoms with Crippen molar-refractivity contribution in [3.8, 4) is 0 Å². The maximum absolute atomic E-state index is 12.3. The van der Waals surface area contributed by atoms with Gasteiger partial charge in [-0.15, -0.1) is 5.10 Å². The molecule has 0 radical (unpaired) electrons. The van der Waals surface area contributed by atoms with E-state index in [0.29, 0.717) is 18.8 Å². The third-order valence-electron chi connectivity index (χ3n) is 5.06. The van der Waals surface area contributed by atoms with E-state index < -0.39 is 0 Å². The molecule has 0 bridgehead atoms. The van der Waals surface area contributed by atoms with Gasteiger partial charge in [0.1, 0.15) is 0 Å². The number of amides is 3. The zero-order valence-electron chi connectivity index (χ0n) is 15.0. The summed E-state index contributed by atoms with van der Waals surface area (Å²) in [6, 6.07) is 0.248. The Balaban J connectivity index is 1.55. The molecule has 2 fully saturated rings.